The van der Waals surface area contributed by atoms with Crippen LogP contribution < -0.4 is 0 Å². The zero-order valence-corrected chi connectivity index (χ0v) is 11.0. The minimum atomic E-state index is 0.926. The Morgan fingerprint density at radius 1 is 0.947 bits per heavy atom. The molecule has 1 aromatic heterocycles. The number of para-hydroxylation sites is 2. The van der Waals surface area contributed by atoms with Gasteiger partial charge < -0.3 is 4.57 Å². The molecule has 0 radical (unpaired) electrons. The Labute approximate surface area is 113 Å². The third-order valence-corrected chi connectivity index (χ3v) is 3.22. The maximum absolute atomic E-state index is 4.67. The molecular weight excluding hydrogens is 232 g/mol. The molecule has 2 heteroatoms. The summed E-state index contributed by atoms with van der Waals surface area (Å²) in [5.74, 6) is 1.01. The van der Waals surface area contributed by atoms with Crippen LogP contribution in [0.25, 0.3) is 23.2 Å². The van der Waals surface area contributed by atoms with Gasteiger partial charge in [-0.15, -0.1) is 0 Å². The van der Waals surface area contributed by atoms with E-state index in [2.05, 4.69) is 59.0 Å². The fraction of sp³-hybridized carbons (Fsp3) is 0.118. The Kier molecular flexibility index (Phi) is 3.15. The molecule has 0 atom stereocenters. The van der Waals surface area contributed by atoms with E-state index in [0.717, 1.165) is 17.9 Å². The number of benzene rings is 2. The molecule has 0 N–H and O–H groups in total. The predicted octanol–water partition coefficient (Wildman–Crippen LogP) is 4.23. The van der Waals surface area contributed by atoms with E-state index in [9.17, 15) is 0 Å². The molecule has 0 aliphatic heterocycles. The number of aryl methyl sites for hydroxylation is 1. The monoisotopic (exact) mass is 248 g/mol. The van der Waals surface area contributed by atoms with E-state index in [-0.39, 0.29) is 0 Å². The molecule has 0 amide bonds. The largest absolute Gasteiger partial charge is 0.325 e. The molecule has 3 aromatic rings. The molecule has 0 aliphatic carbocycles. The van der Waals surface area contributed by atoms with Crippen molar-refractivity contribution in [1.82, 2.24) is 9.55 Å². The van der Waals surface area contributed by atoms with Gasteiger partial charge in [-0.2, -0.15) is 0 Å². The lowest BCUT2D eigenvalue weighted by Crippen LogP contribution is -1.96. The van der Waals surface area contributed by atoms with Crippen LogP contribution in [0.15, 0.2) is 54.6 Å². The van der Waals surface area contributed by atoms with Crippen molar-refractivity contribution in [3.63, 3.8) is 0 Å². The first-order valence-electron chi connectivity index (χ1n) is 6.57. The van der Waals surface area contributed by atoms with Crippen molar-refractivity contribution in [2.24, 2.45) is 0 Å². The van der Waals surface area contributed by atoms with E-state index >= 15 is 0 Å². The molecule has 94 valence electrons. The van der Waals surface area contributed by atoms with Crippen LogP contribution in [0.2, 0.25) is 0 Å². The van der Waals surface area contributed by atoms with E-state index in [1.54, 1.807) is 0 Å². The highest BCUT2D eigenvalue weighted by molar-refractivity contribution is 5.79. The fourth-order valence-corrected chi connectivity index (χ4v) is 2.29. The van der Waals surface area contributed by atoms with E-state index < -0.39 is 0 Å². The summed E-state index contributed by atoms with van der Waals surface area (Å²) in [7, 11) is 0. The van der Waals surface area contributed by atoms with Crippen LogP contribution in [-0.2, 0) is 6.54 Å². The van der Waals surface area contributed by atoms with Crippen LogP contribution in [0, 0.1) is 0 Å². The van der Waals surface area contributed by atoms with Gasteiger partial charge in [0.2, 0.25) is 0 Å². The van der Waals surface area contributed by atoms with Gasteiger partial charge in [-0.25, -0.2) is 4.98 Å². The molecule has 0 bridgehead atoms. The second-order valence-electron chi connectivity index (χ2n) is 4.45. The highest BCUT2D eigenvalue weighted by Gasteiger charge is 2.05. The summed E-state index contributed by atoms with van der Waals surface area (Å²) in [6, 6.07) is 18.6. The number of imidazole rings is 1. The average Bonchev–Trinajstić information content (AvgIpc) is 2.83. The molecule has 3 rings (SSSR count). The van der Waals surface area contributed by atoms with Gasteiger partial charge in [0.15, 0.2) is 0 Å². The molecule has 0 unspecified atom stereocenters. The topological polar surface area (TPSA) is 17.8 Å². The lowest BCUT2D eigenvalue weighted by Gasteiger charge is -2.01. The number of hydrogen-bond donors (Lipinski definition) is 0. The number of nitrogens with zero attached hydrogens (tertiary/aromatic N) is 2. The molecular formula is C17H16N2. The van der Waals surface area contributed by atoms with Gasteiger partial charge in [-0.3, -0.25) is 0 Å². The lowest BCUT2D eigenvalue weighted by atomic mass is 10.2. The SMILES string of the molecule is CCn1c(/C=C/c2ccccc2)nc2ccccc21. The van der Waals surface area contributed by atoms with Crippen molar-refractivity contribution in [2.75, 3.05) is 0 Å². The Balaban J connectivity index is 2.03. The number of hydrogen-bond acceptors (Lipinski definition) is 1. The summed E-state index contributed by atoms with van der Waals surface area (Å²) in [4.78, 5) is 4.67. The summed E-state index contributed by atoms with van der Waals surface area (Å²) in [5, 5.41) is 0. The van der Waals surface area contributed by atoms with Crippen molar-refractivity contribution in [2.45, 2.75) is 13.5 Å². The summed E-state index contributed by atoms with van der Waals surface area (Å²) >= 11 is 0. The van der Waals surface area contributed by atoms with Crippen molar-refractivity contribution in [1.29, 1.82) is 0 Å². The third-order valence-electron chi connectivity index (χ3n) is 3.22. The highest BCUT2D eigenvalue weighted by Crippen LogP contribution is 2.17. The molecule has 2 aromatic carbocycles. The van der Waals surface area contributed by atoms with Crippen LogP contribution >= 0.6 is 0 Å². The van der Waals surface area contributed by atoms with E-state index in [0.29, 0.717) is 0 Å². The van der Waals surface area contributed by atoms with Gasteiger partial charge in [0.1, 0.15) is 5.82 Å². The summed E-state index contributed by atoms with van der Waals surface area (Å²) < 4.78 is 2.23. The summed E-state index contributed by atoms with van der Waals surface area (Å²) in [6.07, 6.45) is 4.19. The normalized spacial score (nSPS) is 11.4. The fourth-order valence-electron chi connectivity index (χ4n) is 2.29. The van der Waals surface area contributed by atoms with Gasteiger partial charge in [-0.1, -0.05) is 48.5 Å². The van der Waals surface area contributed by atoms with Crippen LogP contribution in [0.5, 0.6) is 0 Å². The van der Waals surface area contributed by atoms with Crippen LogP contribution in [0.1, 0.15) is 18.3 Å². The van der Waals surface area contributed by atoms with Crippen molar-refractivity contribution in [3.8, 4) is 0 Å². The van der Waals surface area contributed by atoms with Gasteiger partial charge in [0, 0.05) is 6.54 Å². The quantitative estimate of drug-likeness (QED) is 0.678. The molecule has 0 aliphatic rings. The molecule has 19 heavy (non-hydrogen) atoms. The molecule has 0 saturated heterocycles. The lowest BCUT2D eigenvalue weighted by molar-refractivity contribution is 0.777. The Morgan fingerprint density at radius 2 is 1.68 bits per heavy atom. The van der Waals surface area contributed by atoms with Gasteiger partial charge in [0.05, 0.1) is 11.0 Å². The van der Waals surface area contributed by atoms with Crippen molar-refractivity contribution >= 4 is 23.2 Å². The first kappa shape index (κ1) is 11.7. The minimum Gasteiger partial charge on any atom is -0.325 e. The predicted molar refractivity (Wildman–Crippen MR) is 80.8 cm³/mol. The molecule has 0 saturated carbocycles. The summed E-state index contributed by atoms with van der Waals surface area (Å²) in [6.45, 7) is 3.07. The van der Waals surface area contributed by atoms with E-state index in [4.69, 9.17) is 0 Å². The van der Waals surface area contributed by atoms with E-state index in [1.165, 1.54) is 11.1 Å². The van der Waals surface area contributed by atoms with E-state index in [1.807, 2.05) is 24.3 Å². The Morgan fingerprint density at radius 3 is 2.47 bits per heavy atom. The first-order valence-corrected chi connectivity index (χ1v) is 6.57. The molecule has 0 fully saturated rings. The average molecular weight is 248 g/mol. The smallest absolute Gasteiger partial charge is 0.133 e. The first-order chi connectivity index (χ1) is 9.38. The van der Waals surface area contributed by atoms with Crippen molar-refractivity contribution < 1.29 is 0 Å². The van der Waals surface area contributed by atoms with Crippen molar-refractivity contribution in [3.05, 3.63) is 66.0 Å². The Hall–Kier alpha value is -2.35. The summed E-state index contributed by atoms with van der Waals surface area (Å²) in [5.41, 5.74) is 3.44. The third kappa shape index (κ3) is 2.29. The van der Waals surface area contributed by atoms with Crippen LogP contribution in [0.4, 0.5) is 0 Å². The molecule has 1 heterocycles. The zero-order valence-electron chi connectivity index (χ0n) is 11.0. The molecule has 2 nitrogen and oxygen atoms in total. The second-order valence-corrected chi connectivity index (χ2v) is 4.45. The maximum Gasteiger partial charge on any atom is 0.133 e. The second kappa shape index (κ2) is 5.11. The number of rotatable bonds is 3. The van der Waals surface area contributed by atoms with Crippen LogP contribution in [0.3, 0.4) is 0 Å². The Bertz CT molecular complexity index is 708. The highest BCUT2D eigenvalue weighted by atomic mass is 15.1. The number of fused-ring (bicyclic) bond motifs is 1. The number of aromatic nitrogens is 2. The van der Waals surface area contributed by atoms with Gasteiger partial charge in [-0.05, 0) is 30.7 Å². The molecule has 0 spiro atoms. The van der Waals surface area contributed by atoms with Crippen LogP contribution in [-0.4, -0.2) is 9.55 Å². The zero-order chi connectivity index (χ0) is 13.1. The van der Waals surface area contributed by atoms with Gasteiger partial charge in [0.25, 0.3) is 0 Å². The standard InChI is InChI=1S/C17H16N2/c1-2-19-16-11-7-6-10-15(16)18-17(19)13-12-14-8-4-3-5-9-14/h3-13H,2H2,1H3/b13-12+. The van der Waals surface area contributed by atoms with Gasteiger partial charge >= 0.3 is 0 Å². The minimum absolute atomic E-state index is 0.926. The maximum atomic E-state index is 4.67.